The molecule has 1 aromatic carbocycles. The van der Waals surface area contributed by atoms with Gasteiger partial charge < -0.3 is 4.90 Å². The molecular formula is C21H32N2O3S. The van der Waals surface area contributed by atoms with Gasteiger partial charge in [0.25, 0.3) is 5.91 Å². The van der Waals surface area contributed by atoms with Crippen LogP contribution in [-0.2, 0) is 10.0 Å². The van der Waals surface area contributed by atoms with E-state index in [0.717, 1.165) is 25.4 Å². The predicted octanol–water partition coefficient (Wildman–Crippen LogP) is 3.58. The molecule has 1 amide bonds. The second kappa shape index (κ2) is 8.31. The van der Waals surface area contributed by atoms with Crippen molar-refractivity contribution in [3.8, 4) is 0 Å². The molecule has 1 saturated heterocycles. The van der Waals surface area contributed by atoms with E-state index >= 15 is 0 Å². The van der Waals surface area contributed by atoms with Crippen LogP contribution in [0.25, 0.3) is 0 Å². The topological polar surface area (TPSA) is 66.5 Å². The number of fused-ring (bicyclic) bond motifs is 1. The monoisotopic (exact) mass is 392 g/mol. The lowest BCUT2D eigenvalue weighted by atomic mass is 9.75. The molecule has 2 aliphatic rings. The molecule has 27 heavy (non-hydrogen) atoms. The van der Waals surface area contributed by atoms with Crippen molar-refractivity contribution in [2.24, 2.45) is 17.8 Å². The van der Waals surface area contributed by atoms with Crippen LogP contribution in [0, 0.1) is 24.7 Å². The molecular weight excluding hydrogens is 360 g/mol. The van der Waals surface area contributed by atoms with Gasteiger partial charge in [-0.25, -0.2) is 13.1 Å². The van der Waals surface area contributed by atoms with Gasteiger partial charge in [-0.05, 0) is 55.2 Å². The van der Waals surface area contributed by atoms with Crippen molar-refractivity contribution in [1.82, 2.24) is 9.62 Å². The van der Waals surface area contributed by atoms with Crippen LogP contribution in [-0.4, -0.2) is 38.9 Å². The summed E-state index contributed by atoms with van der Waals surface area (Å²) >= 11 is 0. The summed E-state index contributed by atoms with van der Waals surface area (Å²) < 4.78 is 28.0. The summed E-state index contributed by atoms with van der Waals surface area (Å²) in [5.74, 6) is 1.55. The number of nitrogens with zero attached hydrogens (tertiary/aromatic N) is 1. The average molecular weight is 393 g/mol. The minimum atomic E-state index is -3.61. The molecule has 0 radical (unpaired) electrons. The van der Waals surface area contributed by atoms with E-state index in [0.29, 0.717) is 23.6 Å². The van der Waals surface area contributed by atoms with Crippen LogP contribution in [0.5, 0.6) is 0 Å². The lowest BCUT2D eigenvalue weighted by Gasteiger charge is -2.41. The van der Waals surface area contributed by atoms with Crippen molar-refractivity contribution >= 4 is 15.9 Å². The molecule has 1 heterocycles. The van der Waals surface area contributed by atoms with Gasteiger partial charge in [0.15, 0.2) is 0 Å². The summed E-state index contributed by atoms with van der Waals surface area (Å²) in [4.78, 5) is 15.2. The van der Waals surface area contributed by atoms with Crippen LogP contribution in [0.1, 0.15) is 61.9 Å². The number of carbonyl (C=O) groups is 1. The highest BCUT2D eigenvalue weighted by molar-refractivity contribution is 7.89. The van der Waals surface area contributed by atoms with Gasteiger partial charge in [0.05, 0.1) is 4.90 Å². The Morgan fingerprint density at radius 1 is 1.19 bits per heavy atom. The first-order chi connectivity index (χ1) is 12.8. The second-order valence-electron chi connectivity index (χ2n) is 8.57. The van der Waals surface area contributed by atoms with Crippen molar-refractivity contribution in [2.75, 3.05) is 19.6 Å². The van der Waals surface area contributed by atoms with E-state index < -0.39 is 10.0 Å². The number of piperidine rings is 1. The number of hydrogen-bond acceptors (Lipinski definition) is 3. The number of hydrogen-bond donors (Lipinski definition) is 1. The number of benzene rings is 1. The molecule has 150 valence electrons. The molecule has 1 aromatic rings. The van der Waals surface area contributed by atoms with Crippen LogP contribution in [0.15, 0.2) is 23.1 Å². The summed E-state index contributed by atoms with van der Waals surface area (Å²) in [5.41, 5.74) is 1.13. The zero-order valence-electron chi connectivity index (χ0n) is 16.7. The predicted molar refractivity (Wildman–Crippen MR) is 107 cm³/mol. The Hall–Kier alpha value is -1.40. The average Bonchev–Trinajstić information content (AvgIpc) is 2.66. The fourth-order valence-electron chi connectivity index (χ4n) is 4.34. The minimum Gasteiger partial charge on any atom is -0.338 e. The van der Waals surface area contributed by atoms with Crippen molar-refractivity contribution in [2.45, 2.75) is 57.8 Å². The smallest absolute Gasteiger partial charge is 0.253 e. The van der Waals surface area contributed by atoms with Crippen LogP contribution in [0.4, 0.5) is 0 Å². The minimum absolute atomic E-state index is 0.0423. The lowest BCUT2D eigenvalue weighted by Crippen LogP contribution is -2.44. The van der Waals surface area contributed by atoms with Crippen molar-refractivity contribution < 1.29 is 13.2 Å². The molecule has 0 spiro atoms. The molecule has 0 aromatic heterocycles. The SMILES string of the molecule is Cc1ccc(C(=O)N2CCC3CCCCC3C2)cc1S(=O)(=O)NCC(C)C. The maximum Gasteiger partial charge on any atom is 0.253 e. The normalized spacial score (nSPS) is 23.3. The molecule has 1 aliphatic heterocycles. The van der Waals surface area contributed by atoms with Gasteiger partial charge in [0, 0.05) is 25.2 Å². The number of sulfonamides is 1. The first kappa shape index (κ1) is 20.3. The number of rotatable bonds is 5. The summed E-state index contributed by atoms with van der Waals surface area (Å²) in [6.45, 7) is 7.67. The Balaban J connectivity index is 1.78. The van der Waals surface area contributed by atoms with Gasteiger partial charge in [-0.3, -0.25) is 4.79 Å². The van der Waals surface area contributed by atoms with E-state index in [4.69, 9.17) is 0 Å². The second-order valence-corrected chi connectivity index (χ2v) is 10.3. The molecule has 2 fully saturated rings. The third-order valence-corrected chi connectivity index (χ3v) is 7.55. The van der Waals surface area contributed by atoms with Crippen LogP contribution in [0.3, 0.4) is 0 Å². The number of likely N-dealkylation sites (tertiary alicyclic amines) is 1. The summed E-state index contributed by atoms with van der Waals surface area (Å²) in [6.07, 6.45) is 6.15. The molecule has 1 saturated carbocycles. The summed E-state index contributed by atoms with van der Waals surface area (Å²) in [6, 6.07) is 5.05. The van der Waals surface area contributed by atoms with Crippen LogP contribution >= 0.6 is 0 Å². The van der Waals surface area contributed by atoms with E-state index in [2.05, 4.69) is 4.72 Å². The highest BCUT2D eigenvalue weighted by Gasteiger charge is 2.33. The van der Waals surface area contributed by atoms with E-state index in [1.165, 1.54) is 25.7 Å². The molecule has 1 aliphatic carbocycles. The third-order valence-electron chi connectivity index (χ3n) is 5.98. The fourth-order valence-corrected chi connectivity index (χ4v) is 5.83. The maximum atomic E-state index is 13.0. The van der Waals surface area contributed by atoms with Gasteiger partial charge in [0.2, 0.25) is 10.0 Å². The zero-order valence-corrected chi connectivity index (χ0v) is 17.5. The van der Waals surface area contributed by atoms with Gasteiger partial charge >= 0.3 is 0 Å². The van der Waals surface area contributed by atoms with Gasteiger partial charge in [-0.15, -0.1) is 0 Å². The Bertz CT molecular complexity index is 789. The number of carbonyl (C=O) groups excluding carboxylic acids is 1. The highest BCUT2D eigenvalue weighted by Crippen LogP contribution is 2.36. The Morgan fingerprint density at radius 2 is 1.89 bits per heavy atom. The zero-order chi connectivity index (χ0) is 19.6. The van der Waals surface area contributed by atoms with Crippen LogP contribution < -0.4 is 4.72 Å². The first-order valence-corrected chi connectivity index (χ1v) is 11.7. The molecule has 5 nitrogen and oxygen atoms in total. The standard InChI is InChI=1S/C21H32N2O3S/c1-15(2)13-22-27(25,26)20-12-18(9-8-16(20)3)21(24)23-11-10-17-6-4-5-7-19(17)14-23/h8-9,12,15,17,19,22H,4-7,10-11,13-14H2,1-3H3. The van der Waals surface area contributed by atoms with Gasteiger partial charge in [-0.1, -0.05) is 39.2 Å². The van der Waals surface area contributed by atoms with Crippen molar-refractivity contribution in [3.63, 3.8) is 0 Å². The molecule has 6 heteroatoms. The largest absolute Gasteiger partial charge is 0.338 e. The van der Waals surface area contributed by atoms with E-state index in [1.807, 2.05) is 18.7 Å². The molecule has 2 unspecified atom stereocenters. The van der Waals surface area contributed by atoms with Crippen molar-refractivity contribution in [1.29, 1.82) is 0 Å². The Morgan fingerprint density at radius 3 is 2.59 bits per heavy atom. The summed E-state index contributed by atoms with van der Waals surface area (Å²) in [7, 11) is -3.61. The number of aryl methyl sites for hydroxylation is 1. The Kier molecular flexibility index (Phi) is 6.26. The van der Waals surface area contributed by atoms with E-state index in [-0.39, 0.29) is 16.7 Å². The summed E-state index contributed by atoms with van der Waals surface area (Å²) in [5, 5.41) is 0. The third kappa shape index (κ3) is 4.72. The molecule has 3 rings (SSSR count). The quantitative estimate of drug-likeness (QED) is 0.833. The molecule has 1 N–H and O–H groups in total. The maximum absolute atomic E-state index is 13.0. The van der Waals surface area contributed by atoms with Crippen molar-refractivity contribution in [3.05, 3.63) is 29.3 Å². The molecule has 2 atom stereocenters. The van der Waals surface area contributed by atoms with E-state index in [1.54, 1.807) is 25.1 Å². The first-order valence-electron chi connectivity index (χ1n) is 10.2. The van der Waals surface area contributed by atoms with E-state index in [9.17, 15) is 13.2 Å². The fraction of sp³-hybridized carbons (Fsp3) is 0.667. The number of nitrogens with one attached hydrogen (secondary N) is 1. The molecule has 0 bridgehead atoms. The van der Waals surface area contributed by atoms with Crippen LogP contribution in [0.2, 0.25) is 0 Å². The van der Waals surface area contributed by atoms with Gasteiger partial charge in [0.1, 0.15) is 0 Å². The number of amides is 1. The lowest BCUT2D eigenvalue weighted by molar-refractivity contribution is 0.0520. The highest BCUT2D eigenvalue weighted by atomic mass is 32.2. The van der Waals surface area contributed by atoms with Gasteiger partial charge in [-0.2, -0.15) is 0 Å². The Labute approximate surface area is 163 Å².